The van der Waals surface area contributed by atoms with Gasteiger partial charge in [0.2, 0.25) is 0 Å². The minimum Gasteiger partial charge on any atom is -0.390 e. The van der Waals surface area contributed by atoms with E-state index in [2.05, 4.69) is 40.7 Å². The molecule has 0 spiro atoms. The largest absolute Gasteiger partial charge is 0.390 e. The number of guanidine groups is 1. The fourth-order valence-corrected chi connectivity index (χ4v) is 6.12. The van der Waals surface area contributed by atoms with E-state index in [-0.39, 0.29) is 22.5 Å². The van der Waals surface area contributed by atoms with Gasteiger partial charge in [-0.3, -0.25) is 4.99 Å². The lowest BCUT2D eigenvalue weighted by atomic mass is 9.89. The lowest BCUT2D eigenvalue weighted by Gasteiger charge is -2.22. The zero-order valence-corrected chi connectivity index (χ0v) is 19.2. The Bertz CT molecular complexity index is 956. The zero-order chi connectivity index (χ0) is 21.6. The predicted octanol–water partition coefficient (Wildman–Crippen LogP) is 3.08. The lowest BCUT2D eigenvalue weighted by molar-refractivity contribution is 0.206. The lowest BCUT2D eigenvalue weighted by Crippen LogP contribution is -2.39. The molecule has 0 fully saturated rings. The standard InChI is InChI=1S/C22H31N3O3S2/c1-3-23-22(24-14-20(26)15-30(27,28)21-9-6-12-29-21)25-16(2)18-11-10-17-7-4-5-8-19(17)13-18/h6,9-13,16,20,26H,3-5,7-8,14-15H2,1-2H3,(H2,23,24,25). The number of fused-ring (bicyclic) bond motifs is 1. The molecule has 0 saturated carbocycles. The van der Waals surface area contributed by atoms with E-state index in [1.807, 2.05) is 6.92 Å². The van der Waals surface area contributed by atoms with Gasteiger partial charge >= 0.3 is 0 Å². The Morgan fingerprint density at radius 3 is 2.70 bits per heavy atom. The van der Waals surface area contributed by atoms with E-state index in [1.165, 1.54) is 29.5 Å². The van der Waals surface area contributed by atoms with Crippen molar-refractivity contribution in [1.82, 2.24) is 10.6 Å². The van der Waals surface area contributed by atoms with Crippen LogP contribution in [0, 0.1) is 0 Å². The Kier molecular flexibility index (Phi) is 7.91. The Hall–Kier alpha value is -1.90. The van der Waals surface area contributed by atoms with E-state index in [0.29, 0.717) is 12.5 Å². The number of aliphatic imine (C=N–C) groups is 1. The number of aliphatic hydroxyl groups excluding tert-OH is 1. The molecule has 2 unspecified atom stereocenters. The first-order valence-electron chi connectivity index (χ1n) is 10.5. The second-order valence-corrected chi connectivity index (χ2v) is 10.9. The van der Waals surface area contributed by atoms with Gasteiger partial charge in [-0.25, -0.2) is 8.42 Å². The van der Waals surface area contributed by atoms with Crippen molar-refractivity contribution in [2.75, 3.05) is 18.8 Å². The first-order chi connectivity index (χ1) is 14.4. The maximum atomic E-state index is 12.3. The summed E-state index contributed by atoms with van der Waals surface area (Å²) in [4.78, 5) is 4.42. The van der Waals surface area contributed by atoms with Gasteiger partial charge in [-0.2, -0.15) is 0 Å². The second kappa shape index (κ2) is 10.4. The third-order valence-corrected chi connectivity index (χ3v) is 8.53. The molecular weight excluding hydrogens is 418 g/mol. The quantitative estimate of drug-likeness (QED) is 0.426. The molecule has 1 aromatic heterocycles. The van der Waals surface area contributed by atoms with Crippen LogP contribution < -0.4 is 10.6 Å². The summed E-state index contributed by atoms with van der Waals surface area (Å²) in [5.74, 6) is 0.229. The van der Waals surface area contributed by atoms with Crippen LogP contribution in [0.5, 0.6) is 0 Å². The van der Waals surface area contributed by atoms with E-state index in [4.69, 9.17) is 0 Å². The highest BCUT2D eigenvalue weighted by molar-refractivity contribution is 7.93. The number of thiophene rings is 1. The molecule has 1 heterocycles. The van der Waals surface area contributed by atoms with Crippen molar-refractivity contribution in [3.8, 4) is 0 Å². The van der Waals surface area contributed by atoms with Crippen LogP contribution >= 0.6 is 11.3 Å². The molecule has 30 heavy (non-hydrogen) atoms. The van der Waals surface area contributed by atoms with Crippen LogP contribution in [-0.2, 0) is 22.7 Å². The number of aryl methyl sites for hydroxylation is 2. The summed E-state index contributed by atoms with van der Waals surface area (Å²) in [7, 11) is -3.49. The van der Waals surface area contributed by atoms with Crippen LogP contribution in [0.2, 0.25) is 0 Å². The first-order valence-corrected chi connectivity index (χ1v) is 13.0. The molecule has 1 aliphatic carbocycles. The zero-order valence-electron chi connectivity index (χ0n) is 17.6. The summed E-state index contributed by atoms with van der Waals surface area (Å²) < 4.78 is 24.9. The smallest absolute Gasteiger partial charge is 0.191 e. The number of hydrogen-bond donors (Lipinski definition) is 3. The topological polar surface area (TPSA) is 90.8 Å². The van der Waals surface area contributed by atoms with Crippen molar-refractivity contribution in [2.45, 2.75) is 55.9 Å². The molecule has 0 aliphatic heterocycles. The van der Waals surface area contributed by atoms with Crippen LogP contribution in [0.4, 0.5) is 0 Å². The van der Waals surface area contributed by atoms with Gasteiger partial charge in [0.25, 0.3) is 0 Å². The highest BCUT2D eigenvalue weighted by Gasteiger charge is 2.21. The van der Waals surface area contributed by atoms with E-state index in [9.17, 15) is 13.5 Å². The highest BCUT2D eigenvalue weighted by atomic mass is 32.2. The molecule has 6 nitrogen and oxygen atoms in total. The van der Waals surface area contributed by atoms with Crippen LogP contribution in [0.1, 0.15) is 49.4 Å². The maximum Gasteiger partial charge on any atom is 0.191 e. The minimum absolute atomic E-state index is 0.0108. The molecule has 0 radical (unpaired) electrons. The van der Waals surface area contributed by atoms with Crippen molar-refractivity contribution in [1.29, 1.82) is 0 Å². The van der Waals surface area contributed by atoms with Gasteiger partial charge < -0.3 is 15.7 Å². The highest BCUT2D eigenvalue weighted by Crippen LogP contribution is 2.24. The van der Waals surface area contributed by atoms with Crippen LogP contribution in [0.3, 0.4) is 0 Å². The average Bonchev–Trinajstić information content (AvgIpc) is 3.27. The monoisotopic (exact) mass is 449 g/mol. The SMILES string of the molecule is CCNC(=NCC(O)CS(=O)(=O)c1cccs1)NC(C)c1ccc2c(c1)CCCC2. The van der Waals surface area contributed by atoms with Gasteiger partial charge in [0.1, 0.15) is 4.21 Å². The maximum absolute atomic E-state index is 12.3. The van der Waals surface area contributed by atoms with Gasteiger partial charge in [-0.15, -0.1) is 11.3 Å². The predicted molar refractivity (Wildman–Crippen MR) is 123 cm³/mol. The normalized spacial score (nSPS) is 16.6. The molecule has 0 bridgehead atoms. The van der Waals surface area contributed by atoms with Crippen LogP contribution in [0.15, 0.2) is 44.9 Å². The summed E-state index contributed by atoms with van der Waals surface area (Å²) in [6.45, 7) is 4.73. The van der Waals surface area contributed by atoms with Crippen molar-refractivity contribution in [3.63, 3.8) is 0 Å². The van der Waals surface area contributed by atoms with E-state index in [0.717, 1.165) is 24.2 Å². The molecule has 1 aromatic carbocycles. The van der Waals surface area contributed by atoms with Crippen molar-refractivity contribution >= 4 is 27.1 Å². The number of aliphatic hydroxyl groups is 1. The van der Waals surface area contributed by atoms with Crippen LogP contribution in [0.25, 0.3) is 0 Å². The Morgan fingerprint density at radius 1 is 1.23 bits per heavy atom. The summed E-state index contributed by atoms with van der Waals surface area (Å²) in [5.41, 5.74) is 4.08. The molecule has 0 amide bonds. The van der Waals surface area contributed by atoms with Crippen molar-refractivity contribution < 1.29 is 13.5 Å². The van der Waals surface area contributed by atoms with Crippen molar-refractivity contribution in [3.05, 3.63) is 52.4 Å². The molecule has 2 aromatic rings. The molecule has 1 aliphatic rings. The molecule has 3 N–H and O–H groups in total. The number of nitrogens with zero attached hydrogens (tertiary/aromatic N) is 1. The molecule has 3 rings (SSSR count). The van der Waals surface area contributed by atoms with E-state index >= 15 is 0 Å². The summed E-state index contributed by atoms with van der Waals surface area (Å²) in [6, 6.07) is 9.96. The van der Waals surface area contributed by atoms with Gasteiger partial charge in [-0.1, -0.05) is 24.3 Å². The number of hydrogen-bond acceptors (Lipinski definition) is 5. The number of rotatable bonds is 8. The van der Waals surface area contributed by atoms with Gasteiger partial charge in [0.15, 0.2) is 15.8 Å². The second-order valence-electron chi connectivity index (χ2n) is 7.69. The molecule has 0 saturated heterocycles. The van der Waals surface area contributed by atoms with Crippen molar-refractivity contribution in [2.24, 2.45) is 4.99 Å². The Morgan fingerprint density at radius 2 is 2.00 bits per heavy atom. The van der Waals surface area contributed by atoms with Crippen LogP contribution in [-0.4, -0.2) is 44.4 Å². The third kappa shape index (κ3) is 6.06. The first kappa shape index (κ1) is 22.8. The third-order valence-electron chi connectivity index (χ3n) is 5.24. The summed E-state index contributed by atoms with van der Waals surface area (Å²) in [6.07, 6.45) is 3.74. The molecule has 8 heteroatoms. The summed E-state index contributed by atoms with van der Waals surface area (Å²) >= 11 is 1.16. The van der Waals surface area contributed by atoms with Gasteiger partial charge in [-0.05, 0) is 67.7 Å². The number of benzene rings is 1. The molecule has 164 valence electrons. The molecular formula is C22H31N3O3S2. The van der Waals surface area contributed by atoms with Gasteiger partial charge in [0.05, 0.1) is 24.4 Å². The Labute approximate surface area is 183 Å². The van der Waals surface area contributed by atoms with Gasteiger partial charge in [0, 0.05) is 6.54 Å². The average molecular weight is 450 g/mol. The summed E-state index contributed by atoms with van der Waals surface area (Å²) in [5, 5.41) is 18.5. The molecule has 2 atom stereocenters. The fraction of sp³-hybridized carbons (Fsp3) is 0.500. The Balaban J connectivity index is 1.62. The van der Waals surface area contributed by atoms with E-state index in [1.54, 1.807) is 17.5 Å². The minimum atomic E-state index is -3.49. The fourth-order valence-electron chi connectivity index (χ4n) is 3.66. The number of sulfone groups is 1. The van der Waals surface area contributed by atoms with E-state index < -0.39 is 15.9 Å². The number of nitrogens with one attached hydrogen (secondary N) is 2.